The van der Waals surface area contributed by atoms with Gasteiger partial charge >= 0.3 is 5.97 Å². The summed E-state index contributed by atoms with van der Waals surface area (Å²) in [5.41, 5.74) is 0.448. The Balaban J connectivity index is 2.56. The molecule has 1 aliphatic heterocycles. The van der Waals surface area contributed by atoms with Crippen molar-refractivity contribution in [1.82, 2.24) is 0 Å². The fourth-order valence-electron chi connectivity index (χ4n) is 1.56. The van der Waals surface area contributed by atoms with Gasteiger partial charge in [0.1, 0.15) is 0 Å². The number of sulfone groups is 1. The average molecular weight is 259 g/mol. The van der Waals surface area contributed by atoms with Gasteiger partial charge in [-0.1, -0.05) is 11.6 Å². The monoisotopic (exact) mass is 258 g/mol. The Morgan fingerprint density at radius 2 is 2.06 bits per heavy atom. The molecule has 0 amide bonds. The zero-order valence-corrected chi connectivity index (χ0v) is 9.55. The number of rotatable bonds is 2. The lowest BCUT2D eigenvalue weighted by Crippen LogP contribution is -2.05. The van der Waals surface area contributed by atoms with Crippen molar-refractivity contribution in [3.8, 4) is 0 Å². The quantitative estimate of drug-likeness (QED) is 0.880. The normalized spacial score (nSPS) is 16.7. The summed E-state index contributed by atoms with van der Waals surface area (Å²) in [7, 11) is -3.64. The molecule has 0 saturated carbocycles. The molecule has 0 aliphatic carbocycles. The Kier molecular flexibility index (Phi) is 2.52. The molecule has 1 aliphatic rings. The highest BCUT2D eigenvalue weighted by Gasteiger charge is 2.30. The van der Waals surface area contributed by atoms with Gasteiger partial charge in [-0.15, -0.1) is 0 Å². The average Bonchev–Trinajstić information content (AvgIpc) is 2.37. The lowest BCUT2D eigenvalue weighted by molar-refractivity contribution is -0.136. The fourth-order valence-corrected chi connectivity index (χ4v) is 3.30. The number of hydrogen-bond donors (Lipinski definition) is 1. The zero-order valence-electron chi connectivity index (χ0n) is 7.97. The predicted molar refractivity (Wildman–Crippen MR) is 58.9 cm³/mol. The third kappa shape index (κ3) is 1.72. The Bertz CT molecular complexity index is 601. The highest BCUT2D eigenvalue weighted by atomic mass is 35.5. The van der Waals surface area contributed by atoms with Crippen molar-refractivity contribution in [3.63, 3.8) is 0 Å². The van der Waals surface area contributed by atoms with Crippen LogP contribution in [-0.2, 0) is 14.6 Å². The summed E-state index contributed by atoms with van der Waals surface area (Å²) < 4.78 is 23.7. The molecule has 0 unspecified atom stereocenters. The Labute approximate surface area is 97.1 Å². The van der Waals surface area contributed by atoms with Crippen molar-refractivity contribution >= 4 is 33.5 Å². The van der Waals surface area contributed by atoms with Crippen molar-refractivity contribution in [2.75, 3.05) is 0 Å². The summed E-state index contributed by atoms with van der Waals surface area (Å²) in [4.78, 5) is 10.5. The number of fused-ring (bicyclic) bond motifs is 1. The first-order valence-electron chi connectivity index (χ1n) is 4.38. The molecule has 1 aromatic rings. The van der Waals surface area contributed by atoms with Gasteiger partial charge in [-0.2, -0.15) is 0 Å². The molecule has 1 heterocycles. The number of carboxylic acid groups (broad SMARTS) is 1. The first-order chi connectivity index (χ1) is 7.41. The third-order valence-corrected chi connectivity index (χ3v) is 4.39. The molecular weight excluding hydrogens is 252 g/mol. The summed E-state index contributed by atoms with van der Waals surface area (Å²) in [6.07, 6.45) is 0.847. The molecule has 0 aromatic heterocycles. The van der Waals surface area contributed by atoms with Crippen LogP contribution in [0, 0.1) is 0 Å². The molecule has 0 radical (unpaired) electrons. The van der Waals surface area contributed by atoms with Crippen LogP contribution in [0.2, 0.25) is 5.02 Å². The van der Waals surface area contributed by atoms with Crippen molar-refractivity contribution in [3.05, 3.63) is 33.7 Å². The second kappa shape index (κ2) is 3.61. The fraction of sp³-hybridized carbons (Fsp3) is 0.100. The van der Waals surface area contributed by atoms with E-state index in [1.54, 1.807) is 0 Å². The van der Waals surface area contributed by atoms with Crippen molar-refractivity contribution in [1.29, 1.82) is 0 Å². The Morgan fingerprint density at radius 3 is 2.69 bits per heavy atom. The van der Waals surface area contributed by atoms with E-state index in [1.165, 1.54) is 24.3 Å². The first kappa shape index (κ1) is 11.2. The molecule has 4 nitrogen and oxygen atoms in total. The largest absolute Gasteiger partial charge is 0.481 e. The number of aliphatic carboxylic acids is 1. The van der Waals surface area contributed by atoms with Crippen LogP contribution < -0.4 is 0 Å². The van der Waals surface area contributed by atoms with E-state index in [4.69, 9.17) is 16.7 Å². The molecule has 6 heteroatoms. The summed E-state index contributed by atoms with van der Waals surface area (Å²) in [6.45, 7) is 0. The minimum atomic E-state index is -3.64. The predicted octanol–water partition coefficient (Wildman–Crippen LogP) is 1.94. The van der Waals surface area contributed by atoms with Gasteiger partial charge < -0.3 is 5.11 Å². The standard InChI is InChI=1S/C10H7ClO4S/c11-7-1-2-9-6(3-7)4-8(5-10(12)13)16(9,14)15/h1-4H,5H2,(H,12,13). The van der Waals surface area contributed by atoms with E-state index in [1.807, 2.05) is 0 Å². The summed E-state index contributed by atoms with van der Waals surface area (Å²) in [5, 5.41) is 9.03. The van der Waals surface area contributed by atoms with E-state index in [0.717, 1.165) is 0 Å². The van der Waals surface area contributed by atoms with Crippen molar-refractivity contribution in [2.45, 2.75) is 11.3 Å². The number of carboxylic acids is 1. The molecule has 0 saturated heterocycles. The molecule has 0 fully saturated rings. The van der Waals surface area contributed by atoms with Crippen LogP contribution in [0.4, 0.5) is 0 Å². The lowest BCUT2D eigenvalue weighted by atomic mass is 10.2. The number of hydrogen-bond acceptors (Lipinski definition) is 3. The van der Waals surface area contributed by atoms with Gasteiger partial charge in [0.15, 0.2) is 0 Å². The van der Waals surface area contributed by atoms with Crippen molar-refractivity contribution < 1.29 is 18.3 Å². The first-order valence-corrected chi connectivity index (χ1v) is 6.24. The van der Waals surface area contributed by atoms with Crippen molar-refractivity contribution in [2.24, 2.45) is 0 Å². The van der Waals surface area contributed by atoms with Gasteiger partial charge in [0, 0.05) is 5.02 Å². The minimum absolute atomic E-state index is 0.0998. The Hall–Kier alpha value is -1.33. The highest BCUT2D eigenvalue weighted by Crippen LogP contribution is 2.35. The maximum atomic E-state index is 11.9. The molecule has 1 aromatic carbocycles. The van der Waals surface area contributed by atoms with Gasteiger partial charge in [-0.25, -0.2) is 8.42 Å². The second-order valence-electron chi connectivity index (χ2n) is 3.37. The third-order valence-electron chi connectivity index (χ3n) is 2.25. The number of carbonyl (C=O) groups is 1. The van der Waals surface area contributed by atoms with E-state index in [0.29, 0.717) is 10.6 Å². The van der Waals surface area contributed by atoms with Crippen LogP contribution in [-0.4, -0.2) is 19.5 Å². The molecule has 0 bridgehead atoms. The molecule has 0 atom stereocenters. The Morgan fingerprint density at radius 1 is 1.38 bits per heavy atom. The summed E-state index contributed by atoms with van der Waals surface area (Å²) in [5.74, 6) is -1.17. The van der Waals surface area contributed by atoms with E-state index in [-0.39, 0.29) is 9.80 Å². The lowest BCUT2D eigenvalue weighted by Gasteiger charge is -2.00. The van der Waals surface area contributed by atoms with E-state index < -0.39 is 22.2 Å². The van der Waals surface area contributed by atoms with Crippen LogP contribution in [0.1, 0.15) is 12.0 Å². The SMILES string of the molecule is O=C(O)CC1=Cc2cc(Cl)ccc2S1(=O)=O. The topological polar surface area (TPSA) is 71.4 Å². The smallest absolute Gasteiger partial charge is 0.308 e. The van der Waals surface area contributed by atoms with Crippen LogP contribution in [0.15, 0.2) is 28.0 Å². The molecule has 16 heavy (non-hydrogen) atoms. The summed E-state index contributed by atoms with van der Waals surface area (Å²) >= 11 is 5.73. The second-order valence-corrected chi connectivity index (χ2v) is 5.77. The van der Waals surface area contributed by atoms with E-state index in [2.05, 4.69) is 0 Å². The van der Waals surface area contributed by atoms with Gasteiger partial charge in [-0.3, -0.25) is 4.79 Å². The van der Waals surface area contributed by atoms with E-state index in [9.17, 15) is 13.2 Å². The maximum Gasteiger partial charge on any atom is 0.308 e. The van der Waals surface area contributed by atoms with E-state index >= 15 is 0 Å². The zero-order chi connectivity index (χ0) is 11.9. The molecule has 0 spiro atoms. The van der Waals surface area contributed by atoms with Crippen LogP contribution >= 0.6 is 11.6 Å². The molecule has 1 N–H and O–H groups in total. The molecular formula is C10H7ClO4S. The van der Waals surface area contributed by atoms with Crippen LogP contribution in [0.5, 0.6) is 0 Å². The molecule has 2 rings (SSSR count). The molecule has 84 valence electrons. The van der Waals surface area contributed by atoms with Gasteiger partial charge in [0.25, 0.3) is 0 Å². The highest BCUT2D eigenvalue weighted by molar-refractivity contribution is 7.95. The maximum absolute atomic E-state index is 11.9. The minimum Gasteiger partial charge on any atom is -0.481 e. The van der Waals surface area contributed by atoms with Crippen LogP contribution in [0.25, 0.3) is 6.08 Å². The number of benzene rings is 1. The van der Waals surface area contributed by atoms with Gasteiger partial charge in [-0.05, 0) is 29.8 Å². The summed E-state index contributed by atoms with van der Waals surface area (Å²) in [6, 6.07) is 4.36. The number of halogens is 1. The van der Waals surface area contributed by atoms with Gasteiger partial charge in [0.2, 0.25) is 9.84 Å². The van der Waals surface area contributed by atoms with Gasteiger partial charge in [0.05, 0.1) is 16.2 Å². The van der Waals surface area contributed by atoms with Crippen LogP contribution in [0.3, 0.4) is 0 Å².